The fourth-order valence-corrected chi connectivity index (χ4v) is 2.47. The average Bonchev–Trinajstić information content (AvgIpc) is 2.84. The van der Waals surface area contributed by atoms with E-state index in [1.54, 1.807) is 24.3 Å². The van der Waals surface area contributed by atoms with Gasteiger partial charge in [-0.05, 0) is 31.4 Å². The average molecular weight is 271 g/mol. The van der Waals surface area contributed by atoms with Gasteiger partial charge in [-0.3, -0.25) is 10.1 Å². The van der Waals surface area contributed by atoms with Crippen LogP contribution in [0.15, 0.2) is 35.0 Å². The molecular formula is C15H17N3O2. The molecular weight excluding hydrogens is 254 g/mol. The molecule has 5 heteroatoms. The van der Waals surface area contributed by atoms with Gasteiger partial charge in [-0.25, -0.2) is 4.99 Å². The monoisotopic (exact) mass is 271 g/mol. The highest BCUT2D eigenvalue weighted by molar-refractivity contribution is 6.13. The second kappa shape index (κ2) is 5.36. The van der Waals surface area contributed by atoms with Crippen LogP contribution >= 0.6 is 0 Å². The van der Waals surface area contributed by atoms with Gasteiger partial charge >= 0.3 is 0 Å². The number of hydrogen-bond acceptors (Lipinski definition) is 4. The largest absolute Gasteiger partial charge is 0.507 e. The van der Waals surface area contributed by atoms with Gasteiger partial charge in [0.1, 0.15) is 11.4 Å². The van der Waals surface area contributed by atoms with Crippen LogP contribution in [0.5, 0.6) is 5.75 Å². The SMILES string of the molecule is O=C1NC(N2CCCCC2)=N/C1=C\c1ccccc1O. The van der Waals surface area contributed by atoms with E-state index < -0.39 is 0 Å². The molecule has 0 atom stereocenters. The molecule has 5 nitrogen and oxygen atoms in total. The molecule has 1 fully saturated rings. The third kappa shape index (κ3) is 2.52. The number of para-hydroxylation sites is 1. The van der Waals surface area contributed by atoms with E-state index in [0.717, 1.165) is 25.9 Å². The minimum absolute atomic E-state index is 0.148. The summed E-state index contributed by atoms with van der Waals surface area (Å²) in [5, 5.41) is 12.5. The van der Waals surface area contributed by atoms with Gasteiger partial charge in [0.15, 0.2) is 0 Å². The van der Waals surface area contributed by atoms with Crippen LogP contribution < -0.4 is 5.32 Å². The molecule has 0 aliphatic carbocycles. The van der Waals surface area contributed by atoms with E-state index in [-0.39, 0.29) is 11.7 Å². The molecule has 2 heterocycles. The lowest BCUT2D eigenvalue weighted by Gasteiger charge is -2.27. The Bertz CT molecular complexity index is 587. The molecule has 2 N–H and O–H groups in total. The van der Waals surface area contributed by atoms with Crippen LogP contribution in [0.3, 0.4) is 0 Å². The van der Waals surface area contributed by atoms with Crippen LogP contribution in [0.1, 0.15) is 24.8 Å². The van der Waals surface area contributed by atoms with Crippen molar-refractivity contribution in [3.8, 4) is 5.75 Å². The van der Waals surface area contributed by atoms with E-state index in [2.05, 4.69) is 15.2 Å². The fourth-order valence-electron chi connectivity index (χ4n) is 2.47. The molecule has 0 unspecified atom stereocenters. The first-order valence-electron chi connectivity index (χ1n) is 6.89. The first-order valence-corrected chi connectivity index (χ1v) is 6.89. The van der Waals surface area contributed by atoms with Crippen LogP contribution in [-0.4, -0.2) is 35.0 Å². The summed E-state index contributed by atoms with van der Waals surface area (Å²) in [4.78, 5) is 18.4. The second-order valence-electron chi connectivity index (χ2n) is 5.03. The van der Waals surface area contributed by atoms with Crippen molar-refractivity contribution in [3.63, 3.8) is 0 Å². The van der Waals surface area contributed by atoms with Crippen LogP contribution in [0.25, 0.3) is 6.08 Å². The molecule has 1 aromatic rings. The first kappa shape index (κ1) is 12.7. The maximum atomic E-state index is 11.9. The van der Waals surface area contributed by atoms with Gasteiger partial charge < -0.3 is 10.0 Å². The fraction of sp³-hybridized carbons (Fsp3) is 0.333. The lowest BCUT2D eigenvalue weighted by molar-refractivity contribution is -0.115. The lowest BCUT2D eigenvalue weighted by Crippen LogP contribution is -2.43. The summed E-state index contributed by atoms with van der Waals surface area (Å²) in [7, 11) is 0. The van der Waals surface area contributed by atoms with Crippen molar-refractivity contribution in [3.05, 3.63) is 35.5 Å². The Morgan fingerprint density at radius 3 is 2.70 bits per heavy atom. The number of amides is 1. The molecule has 1 saturated heterocycles. The smallest absolute Gasteiger partial charge is 0.276 e. The van der Waals surface area contributed by atoms with Gasteiger partial charge in [-0.2, -0.15) is 0 Å². The summed E-state index contributed by atoms with van der Waals surface area (Å²) < 4.78 is 0. The number of aromatic hydroxyl groups is 1. The number of likely N-dealkylation sites (tertiary alicyclic amines) is 1. The first-order chi connectivity index (χ1) is 9.74. The Kier molecular flexibility index (Phi) is 3.41. The van der Waals surface area contributed by atoms with Gasteiger partial charge in [0, 0.05) is 18.7 Å². The number of carbonyl (C=O) groups is 1. The van der Waals surface area contributed by atoms with E-state index in [1.165, 1.54) is 6.42 Å². The number of aliphatic imine (C=N–C) groups is 1. The predicted octanol–water partition coefficient (Wildman–Crippen LogP) is 1.70. The third-order valence-corrected chi connectivity index (χ3v) is 3.57. The molecule has 1 aromatic carbocycles. The highest BCUT2D eigenvalue weighted by atomic mass is 16.3. The standard InChI is InChI=1S/C15H17N3O2/c19-13-7-3-2-6-11(13)10-12-14(20)17-15(16-12)18-8-4-1-5-9-18/h2-3,6-7,10,19H,1,4-5,8-9H2,(H,16,17,20)/b12-10-. The van der Waals surface area contributed by atoms with Crippen molar-refractivity contribution in [2.75, 3.05) is 13.1 Å². The molecule has 0 bridgehead atoms. The minimum atomic E-state index is -0.214. The molecule has 0 radical (unpaired) electrons. The van der Waals surface area contributed by atoms with Crippen LogP contribution in [-0.2, 0) is 4.79 Å². The summed E-state index contributed by atoms with van der Waals surface area (Å²) in [5.41, 5.74) is 0.938. The number of nitrogens with zero attached hydrogens (tertiary/aromatic N) is 2. The van der Waals surface area contributed by atoms with Crippen molar-refractivity contribution in [2.45, 2.75) is 19.3 Å². The van der Waals surface area contributed by atoms with Crippen LogP contribution in [0.4, 0.5) is 0 Å². The number of phenols is 1. The Morgan fingerprint density at radius 1 is 1.20 bits per heavy atom. The topological polar surface area (TPSA) is 64.9 Å². The summed E-state index contributed by atoms with van der Waals surface area (Å²) in [6.07, 6.45) is 5.11. The Labute approximate surface area is 117 Å². The minimum Gasteiger partial charge on any atom is -0.507 e. The lowest BCUT2D eigenvalue weighted by atomic mass is 10.1. The molecule has 3 rings (SSSR count). The van der Waals surface area contributed by atoms with Gasteiger partial charge in [0.05, 0.1) is 0 Å². The van der Waals surface area contributed by atoms with Crippen molar-refractivity contribution >= 4 is 17.9 Å². The van der Waals surface area contributed by atoms with Crippen LogP contribution in [0.2, 0.25) is 0 Å². The van der Waals surface area contributed by atoms with Gasteiger partial charge in [0.25, 0.3) is 5.91 Å². The van der Waals surface area contributed by atoms with E-state index >= 15 is 0 Å². The highest BCUT2D eigenvalue weighted by Gasteiger charge is 2.25. The van der Waals surface area contributed by atoms with Crippen molar-refractivity contribution < 1.29 is 9.90 Å². The molecule has 0 aromatic heterocycles. The van der Waals surface area contributed by atoms with E-state index in [9.17, 15) is 9.90 Å². The number of carbonyl (C=O) groups excluding carboxylic acids is 1. The molecule has 2 aliphatic rings. The van der Waals surface area contributed by atoms with Crippen molar-refractivity contribution in [1.29, 1.82) is 0 Å². The molecule has 0 saturated carbocycles. The number of nitrogens with one attached hydrogen (secondary N) is 1. The van der Waals surface area contributed by atoms with Gasteiger partial charge in [-0.15, -0.1) is 0 Å². The summed E-state index contributed by atoms with van der Waals surface area (Å²) >= 11 is 0. The predicted molar refractivity (Wildman–Crippen MR) is 77.1 cm³/mol. The molecule has 2 aliphatic heterocycles. The quantitative estimate of drug-likeness (QED) is 0.764. The second-order valence-corrected chi connectivity index (χ2v) is 5.03. The number of rotatable bonds is 1. The molecule has 1 amide bonds. The van der Waals surface area contributed by atoms with Gasteiger partial charge in [-0.1, -0.05) is 18.2 Å². The third-order valence-electron chi connectivity index (χ3n) is 3.57. The Balaban J connectivity index is 1.85. The number of hydrogen-bond donors (Lipinski definition) is 2. The van der Waals surface area contributed by atoms with Crippen LogP contribution in [0, 0.1) is 0 Å². The Hall–Kier alpha value is -2.30. The number of piperidine rings is 1. The van der Waals surface area contributed by atoms with Gasteiger partial charge in [0.2, 0.25) is 5.96 Å². The van der Waals surface area contributed by atoms with E-state index in [0.29, 0.717) is 17.2 Å². The maximum absolute atomic E-state index is 11.9. The number of guanidine groups is 1. The molecule has 0 spiro atoms. The summed E-state index contributed by atoms with van der Waals surface area (Å²) in [6.45, 7) is 1.87. The molecule has 20 heavy (non-hydrogen) atoms. The summed E-state index contributed by atoms with van der Waals surface area (Å²) in [5.74, 6) is 0.569. The van der Waals surface area contributed by atoms with Crippen molar-refractivity contribution in [1.82, 2.24) is 10.2 Å². The zero-order valence-electron chi connectivity index (χ0n) is 11.2. The highest BCUT2D eigenvalue weighted by Crippen LogP contribution is 2.21. The van der Waals surface area contributed by atoms with E-state index in [4.69, 9.17) is 0 Å². The zero-order chi connectivity index (χ0) is 13.9. The number of phenolic OH excluding ortho intramolecular Hbond substituents is 1. The molecule has 104 valence electrons. The normalized spacial score (nSPS) is 21.0. The van der Waals surface area contributed by atoms with E-state index in [1.807, 2.05) is 6.07 Å². The van der Waals surface area contributed by atoms with Crippen molar-refractivity contribution in [2.24, 2.45) is 4.99 Å². The Morgan fingerprint density at radius 2 is 1.95 bits per heavy atom. The number of benzene rings is 1. The summed E-state index contributed by atoms with van der Waals surface area (Å²) in [6, 6.07) is 6.90. The maximum Gasteiger partial charge on any atom is 0.276 e. The zero-order valence-corrected chi connectivity index (χ0v) is 11.2.